The molecular formula is C11H16ClNO3S2. The maximum Gasteiger partial charge on any atom is 0.150 e. The monoisotopic (exact) mass is 309 g/mol. The first kappa shape index (κ1) is 15.5. The lowest BCUT2D eigenvalue weighted by Crippen LogP contribution is -2.11. The summed E-state index contributed by atoms with van der Waals surface area (Å²) in [6, 6.07) is 4.78. The molecule has 0 fully saturated rings. The number of anilines is 1. The standard InChI is InChI=1S/C11H16ClNO3S2/c1-2-18(15,16)7-3-6-17(14)11-5-4-9(13)8-10(11)12/h4-5,8H,2-3,6-7,13H2,1H3. The van der Waals surface area contributed by atoms with E-state index in [1.165, 1.54) is 6.07 Å². The van der Waals surface area contributed by atoms with E-state index in [0.29, 0.717) is 22.0 Å². The van der Waals surface area contributed by atoms with Crippen molar-refractivity contribution in [1.29, 1.82) is 0 Å². The van der Waals surface area contributed by atoms with Gasteiger partial charge in [0, 0.05) is 17.2 Å². The number of benzene rings is 1. The zero-order valence-corrected chi connectivity index (χ0v) is 12.4. The second-order valence-electron chi connectivity index (χ2n) is 3.83. The molecule has 0 aliphatic heterocycles. The van der Waals surface area contributed by atoms with Crippen LogP contribution in [0.25, 0.3) is 0 Å². The van der Waals surface area contributed by atoms with Gasteiger partial charge < -0.3 is 5.73 Å². The summed E-state index contributed by atoms with van der Waals surface area (Å²) < 4.78 is 34.5. The zero-order valence-electron chi connectivity index (χ0n) is 10.1. The largest absolute Gasteiger partial charge is 0.399 e. The third-order valence-corrected chi connectivity index (χ3v) is 6.15. The molecule has 4 nitrogen and oxygen atoms in total. The molecule has 0 amide bonds. The Kier molecular flexibility index (Phi) is 5.62. The van der Waals surface area contributed by atoms with Gasteiger partial charge in [0.15, 0.2) is 0 Å². The predicted octanol–water partition coefficient (Wildman–Crippen LogP) is 1.85. The van der Waals surface area contributed by atoms with Gasteiger partial charge in [0.1, 0.15) is 9.84 Å². The van der Waals surface area contributed by atoms with Gasteiger partial charge in [-0.3, -0.25) is 4.21 Å². The van der Waals surface area contributed by atoms with E-state index in [9.17, 15) is 12.6 Å². The smallest absolute Gasteiger partial charge is 0.150 e. The highest BCUT2D eigenvalue weighted by atomic mass is 35.5. The van der Waals surface area contributed by atoms with E-state index in [4.69, 9.17) is 17.3 Å². The highest BCUT2D eigenvalue weighted by Crippen LogP contribution is 2.22. The topological polar surface area (TPSA) is 77.2 Å². The maximum absolute atomic E-state index is 11.9. The molecule has 0 heterocycles. The Bertz CT molecular complexity index is 543. The normalized spacial score (nSPS) is 13.4. The molecule has 0 aliphatic carbocycles. The molecule has 0 aromatic heterocycles. The number of halogens is 1. The van der Waals surface area contributed by atoms with E-state index < -0.39 is 20.6 Å². The zero-order chi connectivity index (χ0) is 13.8. The van der Waals surface area contributed by atoms with Gasteiger partial charge in [-0.25, -0.2) is 8.42 Å². The molecule has 0 saturated carbocycles. The van der Waals surface area contributed by atoms with Crippen LogP contribution in [0.4, 0.5) is 5.69 Å². The lowest BCUT2D eigenvalue weighted by atomic mass is 10.3. The molecule has 1 rings (SSSR count). The Morgan fingerprint density at radius 2 is 2.06 bits per heavy atom. The van der Waals surface area contributed by atoms with Crippen molar-refractivity contribution in [3.8, 4) is 0 Å². The van der Waals surface area contributed by atoms with Crippen LogP contribution in [0.1, 0.15) is 13.3 Å². The van der Waals surface area contributed by atoms with E-state index in [1.807, 2.05) is 0 Å². The first-order chi connectivity index (χ1) is 8.35. The fraction of sp³-hybridized carbons (Fsp3) is 0.455. The fourth-order valence-corrected chi connectivity index (χ4v) is 3.99. The number of rotatable bonds is 6. The molecule has 1 aromatic rings. The SMILES string of the molecule is CCS(=O)(=O)CCCS(=O)c1ccc(N)cc1Cl. The van der Waals surface area contributed by atoms with Crippen LogP contribution in [0.2, 0.25) is 5.02 Å². The molecule has 7 heteroatoms. The number of sulfone groups is 1. The summed E-state index contributed by atoms with van der Waals surface area (Å²) in [5.74, 6) is 0.451. The number of hydrogen-bond acceptors (Lipinski definition) is 4. The summed E-state index contributed by atoms with van der Waals surface area (Å²) >= 11 is 5.93. The third-order valence-electron chi connectivity index (χ3n) is 2.43. The van der Waals surface area contributed by atoms with Crippen LogP contribution in [0.15, 0.2) is 23.1 Å². The van der Waals surface area contributed by atoms with Crippen molar-refractivity contribution in [3.05, 3.63) is 23.2 Å². The van der Waals surface area contributed by atoms with Crippen molar-refractivity contribution in [2.24, 2.45) is 0 Å². The predicted molar refractivity (Wildman–Crippen MR) is 76.1 cm³/mol. The van der Waals surface area contributed by atoms with E-state index in [2.05, 4.69) is 0 Å². The summed E-state index contributed by atoms with van der Waals surface area (Å²) in [5, 5.41) is 0.353. The van der Waals surface area contributed by atoms with Gasteiger partial charge in [0.25, 0.3) is 0 Å². The van der Waals surface area contributed by atoms with Crippen LogP contribution in [0, 0.1) is 0 Å². The van der Waals surface area contributed by atoms with Crippen LogP contribution >= 0.6 is 11.6 Å². The molecule has 18 heavy (non-hydrogen) atoms. The highest BCUT2D eigenvalue weighted by Gasteiger charge is 2.12. The average molecular weight is 310 g/mol. The van der Waals surface area contributed by atoms with Gasteiger partial charge in [0.2, 0.25) is 0 Å². The Balaban J connectivity index is 2.61. The number of nitrogens with two attached hydrogens (primary N) is 1. The van der Waals surface area contributed by atoms with Crippen molar-refractivity contribution < 1.29 is 12.6 Å². The second-order valence-corrected chi connectivity index (χ2v) is 8.25. The van der Waals surface area contributed by atoms with Gasteiger partial charge in [-0.05, 0) is 24.6 Å². The molecule has 0 saturated heterocycles. The van der Waals surface area contributed by atoms with Crippen LogP contribution < -0.4 is 5.73 Å². The number of hydrogen-bond donors (Lipinski definition) is 1. The van der Waals surface area contributed by atoms with E-state index in [0.717, 1.165) is 0 Å². The molecule has 0 bridgehead atoms. The summed E-state index contributed by atoms with van der Waals surface area (Å²) in [5.41, 5.74) is 6.05. The molecule has 0 aliphatic rings. The van der Waals surface area contributed by atoms with E-state index in [-0.39, 0.29) is 17.3 Å². The Hall–Kier alpha value is -0.590. The Labute approximate surface area is 115 Å². The fourth-order valence-electron chi connectivity index (χ4n) is 1.37. The Morgan fingerprint density at radius 3 is 2.61 bits per heavy atom. The molecular weight excluding hydrogens is 294 g/mol. The quantitative estimate of drug-likeness (QED) is 0.814. The summed E-state index contributed by atoms with van der Waals surface area (Å²) in [6.07, 6.45) is 0.365. The minimum Gasteiger partial charge on any atom is -0.399 e. The van der Waals surface area contributed by atoms with Crippen molar-refractivity contribution >= 4 is 37.9 Å². The van der Waals surface area contributed by atoms with Crippen molar-refractivity contribution in [1.82, 2.24) is 0 Å². The van der Waals surface area contributed by atoms with Crippen LogP contribution in [-0.4, -0.2) is 29.9 Å². The highest BCUT2D eigenvalue weighted by molar-refractivity contribution is 7.91. The molecule has 102 valence electrons. The van der Waals surface area contributed by atoms with Crippen LogP contribution in [0.3, 0.4) is 0 Å². The third kappa shape index (κ3) is 4.59. The van der Waals surface area contributed by atoms with E-state index in [1.54, 1.807) is 19.1 Å². The number of nitrogen functional groups attached to an aromatic ring is 1. The molecule has 1 atom stereocenters. The molecule has 0 spiro atoms. The molecule has 2 N–H and O–H groups in total. The molecule has 0 radical (unpaired) electrons. The summed E-state index contributed by atoms with van der Waals surface area (Å²) in [6.45, 7) is 1.60. The van der Waals surface area contributed by atoms with Gasteiger partial charge in [-0.15, -0.1) is 0 Å². The maximum atomic E-state index is 11.9. The van der Waals surface area contributed by atoms with Crippen molar-refractivity contribution in [2.75, 3.05) is 23.0 Å². The van der Waals surface area contributed by atoms with Gasteiger partial charge in [-0.2, -0.15) is 0 Å². The van der Waals surface area contributed by atoms with Gasteiger partial charge >= 0.3 is 0 Å². The van der Waals surface area contributed by atoms with Gasteiger partial charge in [0.05, 0.1) is 26.5 Å². The first-order valence-corrected chi connectivity index (χ1v) is 9.01. The van der Waals surface area contributed by atoms with Gasteiger partial charge in [-0.1, -0.05) is 18.5 Å². The Morgan fingerprint density at radius 1 is 1.39 bits per heavy atom. The lowest BCUT2D eigenvalue weighted by Gasteiger charge is -2.05. The van der Waals surface area contributed by atoms with Crippen LogP contribution in [-0.2, 0) is 20.6 Å². The van der Waals surface area contributed by atoms with Crippen LogP contribution in [0.5, 0.6) is 0 Å². The second kappa shape index (κ2) is 6.54. The van der Waals surface area contributed by atoms with E-state index >= 15 is 0 Å². The van der Waals surface area contributed by atoms with Crippen molar-refractivity contribution in [3.63, 3.8) is 0 Å². The molecule has 1 aromatic carbocycles. The molecule has 1 unspecified atom stereocenters. The summed E-state index contributed by atoms with van der Waals surface area (Å²) in [7, 11) is -4.29. The lowest BCUT2D eigenvalue weighted by molar-refractivity contribution is 0.596. The minimum absolute atomic E-state index is 0.0574. The first-order valence-electron chi connectivity index (χ1n) is 5.49. The van der Waals surface area contributed by atoms with Crippen molar-refractivity contribution in [2.45, 2.75) is 18.2 Å². The minimum atomic E-state index is -3.00. The average Bonchev–Trinajstić information content (AvgIpc) is 2.28. The summed E-state index contributed by atoms with van der Waals surface area (Å²) in [4.78, 5) is 0.500.